The molecule has 0 spiro atoms. The standard InChI is InChI=1S/C28H43NO3/c1-21(15-16-25-23(3)13-10-17-28(25,5)6)11-9-12-22(2)19-26(30)29-20-24(4)32-27-14-7-8-18-31-27/h9,11-12,15-16,19,24,27H,7-8,10,13-14,17-18,20H2,1-6H3,(H,29,30)/b12-9?,16-15?,21-11?,22-19-. The lowest BCUT2D eigenvalue weighted by Gasteiger charge is -2.32. The number of hydrogen-bond acceptors (Lipinski definition) is 3. The molecule has 0 aromatic rings. The van der Waals surface area contributed by atoms with Crippen LogP contribution in [0.3, 0.4) is 0 Å². The number of amides is 1. The third-order valence-electron chi connectivity index (χ3n) is 6.22. The van der Waals surface area contributed by atoms with Gasteiger partial charge in [0.2, 0.25) is 5.91 Å². The summed E-state index contributed by atoms with van der Waals surface area (Å²) in [5.74, 6) is -0.102. The van der Waals surface area contributed by atoms with E-state index in [1.165, 1.54) is 36.0 Å². The topological polar surface area (TPSA) is 47.6 Å². The molecule has 2 aliphatic rings. The summed E-state index contributed by atoms with van der Waals surface area (Å²) in [6, 6.07) is 0. The normalized spacial score (nSPS) is 23.8. The van der Waals surface area contributed by atoms with E-state index in [2.05, 4.69) is 51.2 Å². The summed E-state index contributed by atoms with van der Waals surface area (Å²) in [7, 11) is 0. The number of ether oxygens (including phenoxy) is 2. The molecule has 0 radical (unpaired) electrons. The number of allylic oxidation sites excluding steroid dienone is 9. The minimum atomic E-state index is -0.135. The second-order valence-corrected chi connectivity index (χ2v) is 9.91. The first-order valence-corrected chi connectivity index (χ1v) is 12.1. The van der Waals surface area contributed by atoms with Gasteiger partial charge in [-0.3, -0.25) is 4.79 Å². The Kier molecular flexibility index (Phi) is 10.7. The van der Waals surface area contributed by atoms with E-state index in [-0.39, 0.29) is 23.7 Å². The van der Waals surface area contributed by atoms with E-state index in [0.717, 1.165) is 31.4 Å². The zero-order valence-electron chi connectivity index (χ0n) is 21.0. The molecule has 4 heteroatoms. The van der Waals surface area contributed by atoms with E-state index in [1.807, 2.05) is 26.0 Å². The van der Waals surface area contributed by atoms with Crippen molar-refractivity contribution in [3.63, 3.8) is 0 Å². The van der Waals surface area contributed by atoms with Crippen molar-refractivity contribution in [3.8, 4) is 0 Å². The quantitative estimate of drug-likeness (QED) is 0.325. The van der Waals surface area contributed by atoms with Crippen molar-refractivity contribution in [2.24, 2.45) is 5.41 Å². The van der Waals surface area contributed by atoms with E-state index in [4.69, 9.17) is 9.47 Å². The van der Waals surface area contributed by atoms with Gasteiger partial charge >= 0.3 is 0 Å². The molecule has 2 unspecified atom stereocenters. The molecule has 0 aromatic heterocycles. The van der Waals surface area contributed by atoms with Gasteiger partial charge in [-0.2, -0.15) is 0 Å². The highest BCUT2D eigenvalue weighted by Crippen LogP contribution is 2.40. The van der Waals surface area contributed by atoms with Crippen LogP contribution in [0, 0.1) is 5.41 Å². The summed E-state index contributed by atoms with van der Waals surface area (Å²) < 4.78 is 11.4. The first-order chi connectivity index (χ1) is 15.2. The summed E-state index contributed by atoms with van der Waals surface area (Å²) in [6.07, 6.45) is 18.8. The minimum Gasteiger partial charge on any atom is -0.353 e. The van der Waals surface area contributed by atoms with Gasteiger partial charge in [0.25, 0.3) is 0 Å². The Labute approximate surface area is 195 Å². The van der Waals surface area contributed by atoms with Gasteiger partial charge in [-0.25, -0.2) is 0 Å². The summed E-state index contributed by atoms with van der Waals surface area (Å²) in [5.41, 5.74) is 5.34. The first-order valence-electron chi connectivity index (χ1n) is 12.1. The first kappa shape index (κ1) is 26.3. The molecular weight excluding hydrogens is 398 g/mol. The lowest BCUT2D eigenvalue weighted by Crippen LogP contribution is -2.35. The molecule has 1 amide bonds. The maximum atomic E-state index is 12.2. The highest BCUT2D eigenvalue weighted by atomic mass is 16.7. The molecule has 32 heavy (non-hydrogen) atoms. The van der Waals surface area contributed by atoms with E-state index < -0.39 is 0 Å². The Hall–Kier alpha value is -1.91. The van der Waals surface area contributed by atoms with Crippen molar-refractivity contribution >= 4 is 5.91 Å². The zero-order valence-corrected chi connectivity index (χ0v) is 21.0. The smallest absolute Gasteiger partial charge is 0.244 e. The summed E-state index contributed by atoms with van der Waals surface area (Å²) in [6.45, 7) is 14.2. The lowest BCUT2D eigenvalue weighted by atomic mass is 9.72. The largest absolute Gasteiger partial charge is 0.353 e. The van der Waals surface area contributed by atoms with Crippen LogP contribution in [0.1, 0.15) is 80.1 Å². The van der Waals surface area contributed by atoms with Crippen molar-refractivity contribution in [2.75, 3.05) is 13.2 Å². The molecule has 1 aliphatic carbocycles. The van der Waals surface area contributed by atoms with Gasteiger partial charge in [0.1, 0.15) is 0 Å². The second-order valence-electron chi connectivity index (χ2n) is 9.91. The van der Waals surface area contributed by atoms with Crippen LogP contribution >= 0.6 is 0 Å². The van der Waals surface area contributed by atoms with Crippen molar-refractivity contribution in [3.05, 3.63) is 58.7 Å². The number of nitrogens with one attached hydrogen (secondary N) is 1. The Morgan fingerprint density at radius 2 is 2.00 bits per heavy atom. The van der Waals surface area contributed by atoms with E-state index in [0.29, 0.717) is 6.54 Å². The molecule has 2 rings (SSSR count). The number of carbonyl (C=O) groups is 1. The van der Waals surface area contributed by atoms with E-state index in [1.54, 1.807) is 6.08 Å². The average Bonchev–Trinajstić information content (AvgIpc) is 2.72. The van der Waals surface area contributed by atoms with Gasteiger partial charge in [0.05, 0.1) is 6.10 Å². The van der Waals surface area contributed by atoms with Gasteiger partial charge in [-0.05, 0) is 82.8 Å². The molecule has 178 valence electrons. The van der Waals surface area contributed by atoms with Crippen LogP contribution in [0.15, 0.2) is 58.7 Å². The van der Waals surface area contributed by atoms with Gasteiger partial charge in [-0.1, -0.05) is 55.4 Å². The Balaban J connectivity index is 1.80. The van der Waals surface area contributed by atoms with E-state index in [9.17, 15) is 4.79 Å². The SMILES string of the molecule is CC(C=CC1=C(C)CCCC1(C)C)=CC=C/C(C)=C\C(=O)NCC(C)OC1CCCCO1. The molecule has 1 saturated heterocycles. The van der Waals surface area contributed by atoms with Crippen LogP contribution < -0.4 is 5.32 Å². The number of rotatable bonds is 9. The third kappa shape index (κ3) is 9.30. The van der Waals surface area contributed by atoms with Gasteiger partial charge in [0, 0.05) is 19.2 Å². The molecule has 1 heterocycles. The Morgan fingerprint density at radius 1 is 1.22 bits per heavy atom. The molecular formula is C28H43NO3. The molecule has 0 bridgehead atoms. The average molecular weight is 442 g/mol. The predicted octanol–water partition coefficient (Wildman–Crippen LogP) is 6.57. The second kappa shape index (κ2) is 13.0. The fourth-order valence-electron chi connectivity index (χ4n) is 4.31. The molecule has 4 nitrogen and oxygen atoms in total. The lowest BCUT2D eigenvalue weighted by molar-refractivity contribution is -0.183. The van der Waals surface area contributed by atoms with Crippen molar-refractivity contribution < 1.29 is 14.3 Å². The number of carbonyl (C=O) groups excluding carboxylic acids is 1. The predicted molar refractivity (Wildman–Crippen MR) is 133 cm³/mol. The molecule has 0 aromatic carbocycles. The highest BCUT2D eigenvalue weighted by Gasteiger charge is 2.26. The summed E-state index contributed by atoms with van der Waals surface area (Å²) >= 11 is 0. The van der Waals surface area contributed by atoms with Crippen molar-refractivity contribution in [2.45, 2.75) is 92.5 Å². The summed E-state index contributed by atoms with van der Waals surface area (Å²) in [5, 5.41) is 2.91. The molecule has 1 aliphatic heterocycles. The molecule has 1 fully saturated rings. The maximum Gasteiger partial charge on any atom is 0.244 e. The van der Waals surface area contributed by atoms with Crippen molar-refractivity contribution in [1.82, 2.24) is 5.32 Å². The number of hydrogen-bond donors (Lipinski definition) is 1. The highest BCUT2D eigenvalue weighted by molar-refractivity contribution is 5.88. The van der Waals surface area contributed by atoms with Crippen LogP contribution in [-0.4, -0.2) is 31.5 Å². The zero-order chi connectivity index (χ0) is 23.6. The summed E-state index contributed by atoms with van der Waals surface area (Å²) in [4.78, 5) is 12.2. The molecule has 2 atom stereocenters. The van der Waals surface area contributed by atoms with Crippen LogP contribution in [0.2, 0.25) is 0 Å². The monoisotopic (exact) mass is 441 g/mol. The van der Waals surface area contributed by atoms with Crippen LogP contribution in [0.4, 0.5) is 0 Å². The van der Waals surface area contributed by atoms with Gasteiger partial charge in [0.15, 0.2) is 6.29 Å². The van der Waals surface area contributed by atoms with Crippen LogP contribution in [0.25, 0.3) is 0 Å². The maximum absolute atomic E-state index is 12.2. The Morgan fingerprint density at radius 3 is 2.69 bits per heavy atom. The third-order valence-corrected chi connectivity index (χ3v) is 6.22. The van der Waals surface area contributed by atoms with Gasteiger partial charge in [-0.15, -0.1) is 0 Å². The molecule has 1 N–H and O–H groups in total. The minimum absolute atomic E-state index is 0.0726. The van der Waals surface area contributed by atoms with Crippen LogP contribution in [0.5, 0.6) is 0 Å². The Bertz CT molecular complexity index is 776. The molecule has 0 saturated carbocycles. The van der Waals surface area contributed by atoms with Gasteiger partial charge < -0.3 is 14.8 Å². The fourth-order valence-corrected chi connectivity index (χ4v) is 4.31. The van der Waals surface area contributed by atoms with E-state index >= 15 is 0 Å². The van der Waals surface area contributed by atoms with Crippen LogP contribution in [-0.2, 0) is 14.3 Å². The fraction of sp³-hybridized carbons (Fsp3) is 0.607. The van der Waals surface area contributed by atoms with Crippen molar-refractivity contribution in [1.29, 1.82) is 0 Å².